The SMILES string of the molecule is CN=C(NCCc1ccccc1F)NCc1c(C)nn(Cc2ccccc2)c1C.I. The Bertz CT molecular complexity index is 969. The number of aryl methyl sites for hydroxylation is 1. The molecule has 0 saturated carbocycles. The van der Waals surface area contributed by atoms with Crippen LogP contribution in [0.5, 0.6) is 0 Å². The molecule has 1 aromatic heterocycles. The summed E-state index contributed by atoms with van der Waals surface area (Å²) in [5.74, 6) is 0.519. The van der Waals surface area contributed by atoms with Crippen molar-refractivity contribution in [3.8, 4) is 0 Å². The molecular weight excluding hydrogens is 492 g/mol. The van der Waals surface area contributed by atoms with Crippen molar-refractivity contribution < 1.29 is 4.39 Å². The second kappa shape index (κ2) is 11.7. The molecule has 3 rings (SSSR count). The van der Waals surface area contributed by atoms with Crippen LogP contribution in [0.25, 0.3) is 0 Å². The van der Waals surface area contributed by atoms with E-state index in [1.807, 2.05) is 35.9 Å². The summed E-state index contributed by atoms with van der Waals surface area (Å²) in [5, 5.41) is 11.3. The average molecular weight is 521 g/mol. The molecule has 30 heavy (non-hydrogen) atoms. The number of aliphatic imine (C=N–C) groups is 1. The van der Waals surface area contributed by atoms with Gasteiger partial charge in [-0.15, -0.1) is 24.0 Å². The summed E-state index contributed by atoms with van der Waals surface area (Å²) >= 11 is 0. The van der Waals surface area contributed by atoms with Crippen molar-refractivity contribution in [1.29, 1.82) is 0 Å². The van der Waals surface area contributed by atoms with Crippen LogP contribution in [-0.4, -0.2) is 29.3 Å². The van der Waals surface area contributed by atoms with E-state index in [2.05, 4.69) is 34.7 Å². The number of hydrogen-bond acceptors (Lipinski definition) is 2. The van der Waals surface area contributed by atoms with Crippen LogP contribution < -0.4 is 10.6 Å². The van der Waals surface area contributed by atoms with Gasteiger partial charge in [0.1, 0.15) is 5.82 Å². The molecule has 160 valence electrons. The van der Waals surface area contributed by atoms with Gasteiger partial charge in [-0.3, -0.25) is 9.67 Å². The third kappa shape index (κ3) is 6.29. The highest BCUT2D eigenvalue weighted by Crippen LogP contribution is 2.14. The van der Waals surface area contributed by atoms with Crippen molar-refractivity contribution in [3.63, 3.8) is 0 Å². The van der Waals surface area contributed by atoms with Crippen LogP contribution in [0.2, 0.25) is 0 Å². The third-order valence-corrected chi connectivity index (χ3v) is 5.01. The Hall–Kier alpha value is -2.42. The smallest absolute Gasteiger partial charge is 0.191 e. The zero-order valence-corrected chi connectivity index (χ0v) is 20.0. The Balaban J connectivity index is 0.00000320. The Morgan fingerprint density at radius 2 is 1.73 bits per heavy atom. The van der Waals surface area contributed by atoms with E-state index in [4.69, 9.17) is 5.10 Å². The zero-order chi connectivity index (χ0) is 20.6. The molecule has 0 saturated heterocycles. The lowest BCUT2D eigenvalue weighted by Gasteiger charge is -2.12. The monoisotopic (exact) mass is 521 g/mol. The summed E-state index contributed by atoms with van der Waals surface area (Å²) < 4.78 is 15.8. The van der Waals surface area contributed by atoms with Gasteiger partial charge in [0.25, 0.3) is 0 Å². The van der Waals surface area contributed by atoms with Crippen molar-refractivity contribution in [2.45, 2.75) is 33.4 Å². The molecule has 0 amide bonds. The first-order valence-corrected chi connectivity index (χ1v) is 9.83. The Labute approximate surface area is 194 Å². The van der Waals surface area contributed by atoms with Crippen LogP contribution in [0, 0.1) is 19.7 Å². The van der Waals surface area contributed by atoms with Crippen molar-refractivity contribution >= 4 is 29.9 Å². The van der Waals surface area contributed by atoms with E-state index >= 15 is 0 Å². The maximum absolute atomic E-state index is 13.7. The molecule has 0 aliphatic heterocycles. The van der Waals surface area contributed by atoms with Crippen LogP contribution in [0.3, 0.4) is 0 Å². The first-order chi connectivity index (χ1) is 14.1. The molecular formula is C23H29FIN5. The molecule has 0 bridgehead atoms. The molecule has 0 radical (unpaired) electrons. The maximum Gasteiger partial charge on any atom is 0.191 e. The number of nitrogens with one attached hydrogen (secondary N) is 2. The van der Waals surface area contributed by atoms with E-state index in [-0.39, 0.29) is 29.8 Å². The average Bonchev–Trinajstić information content (AvgIpc) is 2.99. The standard InChI is InChI=1S/C23H28FN5.HI/c1-17-21(18(2)29(28-17)16-19-9-5-4-6-10-19)15-27-23(25-3)26-14-13-20-11-7-8-12-22(20)24;/h4-12H,13-16H2,1-3H3,(H2,25,26,27);1H. The van der Waals surface area contributed by atoms with E-state index < -0.39 is 0 Å². The highest BCUT2D eigenvalue weighted by molar-refractivity contribution is 14.0. The number of hydrogen-bond donors (Lipinski definition) is 2. The Morgan fingerprint density at radius 3 is 2.43 bits per heavy atom. The van der Waals surface area contributed by atoms with Gasteiger partial charge in [0, 0.05) is 31.4 Å². The minimum atomic E-state index is -0.172. The van der Waals surface area contributed by atoms with Gasteiger partial charge in [-0.05, 0) is 37.5 Å². The van der Waals surface area contributed by atoms with Crippen molar-refractivity contribution in [3.05, 3.63) is 88.5 Å². The molecule has 1 heterocycles. The van der Waals surface area contributed by atoms with Crippen molar-refractivity contribution in [1.82, 2.24) is 20.4 Å². The molecule has 5 nitrogen and oxygen atoms in total. The summed E-state index contributed by atoms with van der Waals surface area (Å²) in [6.07, 6.45) is 0.598. The van der Waals surface area contributed by atoms with Crippen LogP contribution in [0.15, 0.2) is 59.6 Å². The molecule has 0 fully saturated rings. The first kappa shape index (κ1) is 23.9. The van der Waals surface area contributed by atoms with Gasteiger partial charge in [0.05, 0.1) is 12.2 Å². The zero-order valence-electron chi connectivity index (χ0n) is 17.7. The van der Waals surface area contributed by atoms with E-state index in [1.165, 1.54) is 11.6 Å². The fourth-order valence-electron chi connectivity index (χ4n) is 3.31. The number of guanidine groups is 1. The molecule has 0 atom stereocenters. The fraction of sp³-hybridized carbons (Fsp3) is 0.304. The highest BCUT2D eigenvalue weighted by atomic mass is 127. The predicted molar refractivity (Wildman–Crippen MR) is 131 cm³/mol. The summed E-state index contributed by atoms with van der Waals surface area (Å²) in [7, 11) is 1.73. The number of aromatic nitrogens is 2. The van der Waals surface area contributed by atoms with Gasteiger partial charge in [-0.25, -0.2) is 4.39 Å². The molecule has 2 aromatic carbocycles. The van der Waals surface area contributed by atoms with Gasteiger partial charge in [0.2, 0.25) is 0 Å². The van der Waals surface area contributed by atoms with E-state index in [0.717, 1.165) is 23.5 Å². The molecule has 3 aromatic rings. The van der Waals surface area contributed by atoms with Crippen LogP contribution in [0.4, 0.5) is 4.39 Å². The highest BCUT2D eigenvalue weighted by Gasteiger charge is 2.12. The first-order valence-electron chi connectivity index (χ1n) is 9.83. The number of benzene rings is 2. The predicted octanol–water partition coefficient (Wildman–Crippen LogP) is 4.21. The van der Waals surface area contributed by atoms with Gasteiger partial charge >= 0.3 is 0 Å². The van der Waals surface area contributed by atoms with E-state index in [0.29, 0.717) is 31.0 Å². The fourth-order valence-corrected chi connectivity index (χ4v) is 3.31. The minimum Gasteiger partial charge on any atom is -0.356 e. The summed E-state index contributed by atoms with van der Waals surface area (Å²) in [6.45, 7) is 6.11. The number of nitrogens with zero attached hydrogens (tertiary/aromatic N) is 3. The lowest BCUT2D eigenvalue weighted by molar-refractivity contribution is 0.606. The van der Waals surface area contributed by atoms with Crippen LogP contribution >= 0.6 is 24.0 Å². The Morgan fingerprint density at radius 1 is 1.03 bits per heavy atom. The maximum atomic E-state index is 13.7. The largest absolute Gasteiger partial charge is 0.356 e. The molecule has 7 heteroatoms. The van der Waals surface area contributed by atoms with E-state index in [9.17, 15) is 4.39 Å². The quantitative estimate of drug-likeness (QED) is 0.278. The summed E-state index contributed by atoms with van der Waals surface area (Å²) in [5.41, 5.74) is 5.24. The molecule has 0 spiro atoms. The van der Waals surface area contributed by atoms with Gasteiger partial charge < -0.3 is 10.6 Å². The summed E-state index contributed by atoms with van der Waals surface area (Å²) in [6, 6.07) is 17.2. The minimum absolute atomic E-state index is 0. The van der Waals surface area contributed by atoms with Gasteiger partial charge in [-0.1, -0.05) is 48.5 Å². The lowest BCUT2D eigenvalue weighted by atomic mass is 10.1. The topological polar surface area (TPSA) is 54.2 Å². The second-order valence-corrected chi connectivity index (χ2v) is 6.99. The van der Waals surface area contributed by atoms with Crippen LogP contribution in [0.1, 0.15) is 28.1 Å². The molecule has 0 aliphatic carbocycles. The number of rotatable bonds is 7. The van der Waals surface area contributed by atoms with Crippen molar-refractivity contribution in [2.24, 2.45) is 4.99 Å². The Kier molecular flexibility index (Phi) is 9.29. The van der Waals surface area contributed by atoms with Gasteiger partial charge in [-0.2, -0.15) is 5.10 Å². The lowest BCUT2D eigenvalue weighted by Crippen LogP contribution is -2.38. The molecule has 0 unspecified atom stereocenters. The van der Waals surface area contributed by atoms with Crippen LogP contribution in [-0.2, 0) is 19.5 Å². The van der Waals surface area contributed by atoms with Gasteiger partial charge in [0.15, 0.2) is 5.96 Å². The van der Waals surface area contributed by atoms with E-state index in [1.54, 1.807) is 19.2 Å². The molecule has 0 aliphatic rings. The molecule has 2 N–H and O–H groups in total. The van der Waals surface area contributed by atoms with Crippen molar-refractivity contribution in [2.75, 3.05) is 13.6 Å². The third-order valence-electron chi connectivity index (χ3n) is 5.01. The normalized spacial score (nSPS) is 11.1. The summed E-state index contributed by atoms with van der Waals surface area (Å²) in [4.78, 5) is 4.26. The second-order valence-electron chi connectivity index (χ2n) is 6.99. The number of halogens is 2.